The summed E-state index contributed by atoms with van der Waals surface area (Å²) in [5, 5.41) is 18.3. The van der Waals surface area contributed by atoms with Gasteiger partial charge in [-0.3, -0.25) is 14.4 Å². The molecular weight excluding hydrogens is 612 g/mol. The second-order valence-electron chi connectivity index (χ2n) is 9.39. The summed E-state index contributed by atoms with van der Waals surface area (Å²) in [5.74, 6) is -3.90. The Hall–Kier alpha value is -4.89. The molecule has 0 aliphatic rings. The molecule has 0 radical (unpaired) electrons. The summed E-state index contributed by atoms with van der Waals surface area (Å²) in [5.41, 5.74) is -7.37. The van der Waals surface area contributed by atoms with Crippen LogP contribution in [0.4, 0.5) is 0 Å². The molecule has 0 aromatic carbocycles. The molecule has 21 nitrogen and oxygen atoms in total. The monoisotopic (exact) mass is 646 g/mol. The first-order valence-electron chi connectivity index (χ1n) is 13.3. The molecule has 1 unspecified atom stereocenters. The first kappa shape index (κ1) is 36.3. The highest BCUT2D eigenvalue weighted by Crippen LogP contribution is 1.95. The van der Waals surface area contributed by atoms with Crippen molar-refractivity contribution in [3.63, 3.8) is 0 Å². The Morgan fingerprint density at radius 1 is 0.600 bits per heavy atom. The van der Waals surface area contributed by atoms with Crippen molar-refractivity contribution in [1.29, 1.82) is 0 Å². The van der Waals surface area contributed by atoms with Gasteiger partial charge in [0.15, 0.2) is 0 Å². The third kappa shape index (κ3) is 9.06. The standard InChI is InChI=1S/C24H34N6O15/c1-15(13-32)14-45-18(35)12-30-23(40)28(10-16(33)43-3)22(39)29(24(30)41)11-17(34)44-9-6-27-20(37)25(4-7-31)19(36)26(21(27)38)5-8-42-2/h15,31-32H,4-14H2,1-3H3. The van der Waals surface area contributed by atoms with E-state index in [-0.39, 0.29) is 40.1 Å². The summed E-state index contributed by atoms with van der Waals surface area (Å²) in [6.45, 7) is -4.75. The van der Waals surface area contributed by atoms with E-state index in [1.54, 1.807) is 6.92 Å². The molecule has 0 amide bonds. The van der Waals surface area contributed by atoms with Crippen molar-refractivity contribution in [3.8, 4) is 0 Å². The molecule has 0 saturated heterocycles. The Morgan fingerprint density at radius 3 is 1.42 bits per heavy atom. The summed E-state index contributed by atoms with van der Waals surface area (Å²) in [7, 11) is 2.28. The van der Waals surface area contributed by atoms with Crippen molar-refractivity contribution in [2.24, 2.45) is 5.92 Å². The predicted molar refractivity (Wildman–Crippen MR) is 148 cm³/mol. The van der Waals surface area contributed by atoms with Gasteiger partial charge in [0, 0.05) is 19.6 Å². The molecule has 2 aromatic rings. The van der Waals surface area contributed by atoms with Crippen LogP contribution in [0, 0.1) is 5.92 Å². The van der Waals surface area contributed by atoms with Crippen LogP contribution in [0.2, 0.25) is 0 Å². The van der Waals surface area contributed by atoms with Gasteiger partial charge in [0.25, 0.3) is 0 Å². The molecule has 45 heavy (non-hydrogen) atoms. The van der Waals surface area contributed by atoms with Gasteiger partial charge >= 0.3 is 52.0 Å². The number of rotatable bonds is 17. The van der Waals surface area contributed by atoms with E-state index in [1.807, 2.05) is 0 Å². The molecule has 0 spiro atoms. The minimum Gasteiger partial charge on any atom is -0.468 e. The first-order valence-corrected chi connectivity index (χ1v) is 13.3. The fourth-order valence-corrected chi connectivity index (χ4v) is 3.71. The van der Waals surface area contributed by atoms with E-state index in [9.17, 15) is 48.3 Å². The number of carbonyl (C=O) groups excluding carboxylic acids is 3. The van der Waals surface area contributed by atoms with E-state index in [4.69, 9.17) is 19.3 Å². The Bertz CT molecular complexity index is 1740. The lowest BCUT2D eigenvalue weighted by Gasteiger charge is -2.14. The maximum atomic E-state index is 13.0. The van der Waals surface area contributed by atoms with Crippen LogP contribution in [-0.4, -0.2) is 103 Å². The quantitative estimate of drug-likeness (QED) is 0.120. The predicted octanol–water partition coefficient (Wildman–Crippen LogP) is -6.12. The maximum Gasteiger partial charge on any atom is 0.337 e. The van der Waals surface area contributed by atoms with Gasteiger partial charge in [0.2, 0.25) is 0 Å². The molecule has 0 aliphatic carbocycles. The smallest absolute Gasteiger partial charge is 0.337 e. The Labute approximate surface area is 251 Å². The van der Waals surface area contributed by atoms with Gasteiger partial charge in [-0.15, -0.1) is 0 Å². The van der Waals surface area contributed by atoms with Gasteiger partial charge in [0.1, 0.15) is 26.2 Å². The molecule has 2 aromatic heterocycles. The maximum absolute atomic E-state index is 13.0. The molecule has 2 N–H and O–H groups in total. The lowest BCUT2D eigenvalue weighted by atomic mass is 10.2. The van der Waals surface area contributed by atoms with E-state index >= 15 is 0 Å². The van der Waals surface area contributed by atoms with Crippen LogP contribution in [0.25, 0.3) is 0 Å². The fraction of sp³-hybridized carbons (Fsp3) is 0.625. The normalized spacial score (nSPS) is 11.7. The van der Waals surface area contributed by atoms with E-state index < -0.39 is 104 Å². The van der Waals surface area contributed by atoms with Crippen LogP contribution >= 0.6 is 0 Å². The second-order valence-corrected chi connectivity index (χ2v) is 9.39. The number of aliphatic hydroxyl groups excluding tert-OH is 2. The average Bonchev–Trinajstić information content (AvgIpc) is 3.01. The topological polar surface area (TPSA) is 261 Å². The number of ether oxygens (including phenoxy) is 4. The van der Waals surface area contributed by atoms with E-state index in [0.29, 0.717) is 13.7 Å². The highest BCUT2D eigenvalue weighted by Gasteiger charge is 2.22. The molecule has 1 atom stereocenters. The van der Waals surface area contributed by atoms with Crippen molar-refractivity contribution in [3.05, 3.63) is 62.9 Å². The van der Waals surface area contributed by atoms with Crippen LogP contribution in [0.3, 0.4) is 0 Å². The third-order valence-corrected chi connectivity index (χ3v) is 6.12. The molecule has 0 bridgehead atoms. The van der Waals surface area contributed by atoms with E-state index in [2.05, 4.69) is 4.74 Å². The van der Waals surface area contributed by atoms with Crippen molar-refractivity contribution in [2.75, 3.05) is 47.3 Å². The molecule has 21 heteroatoms. The number of hydrogen-bond acceptors (Lipinski definition) is 15. The van der Waals surface area contributed by atoms with Crippen molar-refractivity contribution in [2.45, 2.75) is 46.2 Å². The number of aliphatic hydroxyl groups is 2. The van der Waals surface area contributed by atoms with Gasteiger partial charge in [-0.05, 0) is 0 Å². The summed E-state index contributed by atoms with van der Waals surface area (Å²) in [6.07, 6.45) is 0. The number of nitrogens with zero attached hydrogens (tertiary/aromatic N) is 6. The minimum absolute atomic E-state index is 0.0641. The van der Waals surface area contributed by atoms with Gasteiger partial charge in [-0.25, -0.2) is 56.2 Å². The van der Waals surface area contributed by atoms with Crippen molar-refractivity contribution < 1.29 is 43.5 Å². The highest BCUT2D eigenvalue weighted by atomic mass is 16.5. The van der Waals surface area contributed by atoms with Gasteiger partial charge in [0.05, 0.1) is 46.6 Å². The Morgan fingerprint density at radius 2 is 1.00 bits per heavy atom. The lowest BCUT2D eigenvalue weighted by molar-refractivity contribution is -0.146. The summed E-state index contributed by atoms with van der Waals surface area (Å²) in [4.78, 5) is 114. The Balaban J connectivity index is 2.38. The number of hydrogen-bond donors (Lipinski definition) is 2. The van der Waals surface area contributed by atoms with Crippen molar-refractivity contribution >= 4 is 17.9 Å². The zero-order chi connectivity index (χ0) is 33.8. The number of esters is 3. The minimum atomic E-state index is -1.43. The number of methoxy groups -OCH3 is 2. The molecule has 2 rings (SSSR count). The lowest BCUT2D eigenvalue weighted by Crippen LogP contribution is -2.56. The molecule has 0 aliphatic heterocycles. The number of carbonyl (C=O) groups is 3. The fourth-order valence-electron chi connectivity index (χ4n) is 3.71. The zero-order valence-electron chi connectivity index (χ0n) is 24.7. The van der Waals surface area contributed by atoms with Gasteiger partial charge in [-0.2, -0.15) is 0 Å². The molecule has 0 saturated carbocycles. The average molecular weight is 647 g/mol. The van der Waals surface area contributed by atoms with Crippen molar-refractivity contribution in [1.82, 2.24) is 27.4 Å². The number of aromatic nitrogens is 6. The van der Waals surface area contributed by atoms with Gasteiger partial charge in [-0.1, -0.05) is 6.92 Å². The van der Waals surface area contributed by atoms with Crippen LogP contribution in [0.1, 0.15) is 6.92 Å². The molecule has 2 heterocycles. The van der Waals surface area contributed by atoms with Crippen LogP contribution in [-0.2, 0) is 72.6 Å². The van der Waals surface area contributed by atoms with Gasteiger partial charge < -0.3 is 29.2 Å². The molecule has 250 valence electrons. The first-order chi connectivity index (χ1) is 21.3. The van der Waals surface area contributed by atoms with Crippen LogP contribution in [0.5, 0.6) is 0 Å². The SMILES string of the molecule is COCCn1c(=O)n(CCO)c(=O)n(CCOC(=O)Cn2c(=O)n(CC(=O)OC)c(=O)n(CC(=O)OCC(C)CO)c2=O)c1=O. The second kappa shape index (κ2) is 16.8. The summed E-state index contributed by atoms with van der Waals surface area (Å²) in [6, 6.07) is 0. The van der Waals surface area contributed by atoms with E-state index in [1.165, 1.54) is 7.11 Å². The van der Waals surface area contributed by atoms with Crippen LogP contribution < -0.4 is 34.1 Å². The summed E-state index contributed by atoms with van der Waals surface area (Å²) < 4.78 is 21.8. The summed E-state index contributed by atoms with van der Waals surface area (Å²) >= 11 is 0. The Kier molecular flexibility index (Phi) is 13.6. The third-order valence-electron chi connectivity index (χ3n) is 6.12. The largest absolute Gasteiger partial charge is 0.468 e. The van der Waals surface area contributed by atoms with E-state index in [0.717, 1.165) is 7.11 Å². The van der Waals surface area contributed by atoms with Crippen LogP contribution in [0.15, 0.2) is 28.8 Å². The molecular formula is C24H34N6O15. The zero-order valence-corrected chi connectivity index (χ0v) is 24.7. The molecule has 0 fully saturated rings. The highest BCUT2D eigenvalue weighted by molar-refractivity contribution is 5.70.